The van der Waals surface area contributed by atoms with Crippen LogP contribution < -0.4 is 9.47 Å². The number of benzene rings is 2. The van der Waals surface area contributed by atoms with Crippen molar-refractivity contribution in [3.05, 3.63) is 59.7 Å². The van der Waals surface area contributed by atoms with Gasteiger partial charge in [-0.2, -0.15) is 5.26 Å². The molecule has 2 rings (SSSR count). The van der Waals surface area contributed by atoms with Crippen LogP contribution in [0.15, 0.2) is 48.5 Å². The van der Waals surface area contributed by atoms with Gasteiger partial charge in [0.25, 0.3) is 0 Å². The van der Waals surface area contributed by atoms with Gasteiger partial charge >= 0.3 is 0 Å². The number of rotatable bonds is 4. The normalized spacial score (nSPS) is 11.3. The zero-order valence-electron chi connectivity index (χ0n) is 11.8. The predicted octanol–water partition coefficient (Wildman–Crippen LogP) is 4.49. The highest BCUT2D eigenvalue weighted by Crippen LogP contribution is 2.32. The zero-order chi connectivity index (χ0) is 15.2. The molecule has 0 atom stereocenters. The fourth-order valence-electron chi connectivity index (χ4n) is 1.88. The lowest BCUT2D eigenvalue weighted by Gasteiger charge is -2.07. The molecule has 0 fully saturated rings. The van der Waals surface area contributed by atoms with Gasteiger partial charge in [0.05, 0.1) is 19.8 Å². The van der Waals surface area contributed by atoms with Gasteiger partial charge < -0.3 is 9.47 Å². The highest BCUT2D eigenvalue weighted by Gasteiger charge is 2.09. The average Bonchev–Trinajstić information content (AvgIpc) is 2.56. The van der Waals surface area contributed by atoms with Crippen molar-refractivity contribution >= 4 is 26.0 Å². The van der Waals surface area contributed by atoms with E-state index in [9.17, 15) is 5.26 Å². The van der Waals surface area contributed by atoms with Gasteiger partial charge in [-0.15, -0.1) is 0 Å². The molecule has 2 aromatic carbocycles. The van der Waals surface area contributed by atoms with E-state index < -0.39 is 0 Å². The van der Waals surface area contributed by atoms with Crippen LogP contribution in [0.1, 0.15) is 11.1 Å². The van der Waals surface area contributed by atoms with Crippen LogP contribution in [-0.4, -0.2) is 14.2 Å². The first-order valence-corrected chi connectivity index (χ1v) is 7.07. The quantitative estimate of drug-likeness (QED) is 0.606. The van der Waals surface area contributed by atoms with E-state index >= 15 is 0 Å². The van der Waals surface area contributed by atoms with E-state index in [0.717, 1.165) is 27.1 Å². The Morgan fingerprint density at radius 1 is 0.857 bits per heavy atom. The van der Waals surface area contributed by atoms with Gasteiger partial charge in [0, 0.05) is 4.48 Å². The number of nitrogens with zero attached hydrogens (tertiary/aromatic N) is 1. The molecule has 0 saturated carbocycles. The van der Waals surface area contributed by atoms with Crippen LogP contribution in [0.5, 0.6) is 11.5 Å². The summed E-state index contributed by atoms with van der Waals surface area (Å²) in [7, 11) is 3.24. The van der Waals surface area contributed by atoms with Crippen molar-refractivity contribution in [2.75, 3.05) is 14.2 Å². The van der Waals surface area contributed by atoms with Crippen LogP contribution in [0.4, 0.5) is 0 Å². The molecule has 0 radical (unpaired) electrons. The van der Waals surface area contributed by atoms with Gasteiger partial charge in [-0.05, 0) is 63.5 Å². The second-order valence-electron chi connectivity index (χ2n) is 4.26. The molecular formula is C17H14BrNO2. The Morgan fingerprint density at radius 2 is 1.29 bits per heavy atom. The molecule has 4 heteroatoms. The van der Waals surface area contributed by atoms with E-state index in [1.54, 1.807) is 14.2 Å². The molecule has 3 nitrogen and oxygen atoms in total. The monoisotopic (exact) mass is 343 g/mol. The standard InChI is InChI=1S/C17H14BrNO2/c1-20-14-7-3-12(4-8-14)16(11-19)17(18)13-5-9-15(21-2)10-6-13/h3-10H,1-2H3/b17-16-. The van der Waals surface area contributed by atoms with E-state index in [-0.39, 0.29) is 0 Å². The first-order chi connectivity index (χ1) is 10.2. The van der Waals surface area contributed by atoms with E-state index in [4.69, 9.17) is 9.47 Å². The lowest BCUT2D eigenvalue weighted by Crippen LogP contribution is -1.88. The van der Waals surface area contributed by atoms with E-state index in [2.05, 4.69) is 22.0 Å². The third-order valence-corrected chi connectivity index (χ3v) is 3.91. The molecule has 0 spiro atoms. The number of nitriles is 1. The number of allylic oxidation sites excluding steroid dienone is 1. The SMILES string of the molecule is COc1ccc(/C(Br)=C(\C#N)c2ccc(OC)cc2)cc1. The summed E-state index contributed by atoms with van der Waals surface area (Å²) in [6, 6.07) is 17.2. The zero-order valence-corrected chi connectivity index (χ0v) is 13.3. The Balaban J connectivity index is 2.42. The van der Waals surface area contributed by atoms with Crippen molar-refractivity contribution in [3.63, 3.8) is 0 Å². The Kier molecular flexibility index (Phi) is 5.02. The van der Waals surface area contributed by atoms with Gasteiger partial charge in [-0.1, -0.05) is 12.1 Å². The fraction of sp³-hybridized carbons (Fsp3) is 0.118. The van der Waals surface area contributed by atoms with E-state index in [1.165, 1.54) is 0 Å². The summed E-state index contributed by atoms with van der Waals surface area (Å²) in [6.07, 6.45) is 0. The van der Waals surface area contributed by atoms with Crippen LogP contribution in [0.25, 0.3) is 10.1 Å². The smallest absolute Gasteiger partial charge is 0.118 e. The summed E-state index contributed by atoms with van der Waals surface area (Å²) >= 11 is 3.52. The Bertz CT molecular complexity index is 682. The summed E-state index contributed by atoms with van der Waals surface area (Å²) in [5.41, 5.74) is 2.33. The molecule has 0 aliphatic heterocycles. The maximum absolute atomic E-state index is 9.44. The second-order valence-corrected chi connectivity index (χ2v) is 5.05. The van der Waals surface area contributed by atoms with Gasteiger partial charge in [0.2, 0.25) is 0 Å². The minimum absolute atomic E-state index is 0.572. The molecule has 0 unspecified atom stereocenters. The van der Waals surface area contributed by atoms with Crippen molar-refractivity contribution in [2.45, 2.75) is 0 Å². The first-order valence-electron chi connectivity index (χ1n) is 6.28. The number of ether oxygens (including phenoxy) is 2. The largest absolute Gasteiger partial charge is 0.497 e. The average molecular weight is 344 g/mol. The number of hydrogen-bond donors (Lipinski definition) is 0. The molecule has 106 valence electrons. The third-order valence-electron chi connectivity index (χ3n) is 3.05. The lowest BCUT2D eigenvalue weighted by atomic mass is 10.0. The fourth-order valence-corrected chi connectivity index (χ4v) is 2.46. The summed E-state index contributed by atoms with van der Waals surface area (Å²) in [5, 5.41) is 9.44. The molecule has 2 aromatic rings. The van der Waals surface area contributed by atoms with Gasteiger partial charge in [0.15, 0.2) is 0 Å². The molecule has 0 saturated heterocycles. The molecule has 0 N–H and O–H groups in total. The highest BCUT2D eigenvalue weighted by molar-refractivity contribution is 9.15. The topological polar surface area (TPSA) is 42.2 Å². The molecule has 0 heterocycles. The maximum Gasteiger partial charge on any atom is 0.118 e. The summed E-state index contributed by atoms with van der Waals surface area (Å²) in [5.74, 6) is 1.54. The molecular weight excluding hydrogens is 330 g/mol. The molecule has 0 aromatic heterocycles. The van der Waals surface area contributed by atoms with Gasteiger partial charge in [0.1, 0.15) is 17.6 Å². The minimum Gasteiger partial charge on any atom is -0.497 e. The molecule has 0 aliphatic carbocycles. The van der Waals surface area contributed by atoms with Gasteiger partial charge in [-0.3, -0.25) is 0 Å². The molecule has 0 aliphatic rings. The minimum atomic E-state index is 0.572. The summed E-state index contributed by atoms with van der Waals surface area (Å²) in [4.78, 5) is 0. The van der Waals surface area contributed by atoms with Crippen LogP contribution >= 0.6 is 15.9 Å². The molecule has 0 amide bonds. The predicted molar refractivity (Wildman–Crippen MR) is 87.3 cm³/mol. The number of methoxy groups -OCH3 is 2. The maximum atomic E-state index is 9.44. The Morgan fingerprint density at radius 3 is 1.67 bits per heavy atom. The first kappa shape index (κ1) is 15.1. The molecule has 0 bridgehead atoms. The van der Waals surface area contributed by atoms with E-state index in [0.29, 0.717) is 5.57 Å². The second kappa shape index (κ2) is 6.96. The van der Waals surface area contributed by atoms with Crippen molar-refractivity contribution in [1.82, 2.24) is 0 Å². The molecule has 21 heavy (non-hydrogen) atoms. The number of halogens is 1. The van der Waals surface area contributed by atoms with Crippen LogP contribution in [-0.2, 0) is 0 Å². The number of hydrogen-bond acceptors (Lipinski definition) is 3. The third kappa shape index (κ3) is 3.45. The van der Waals surface area contributed by atoms with Crippen LogP contribution in [0.3, 0.4) is 0 Å². The van der Waals surface area contributed by atoms with Crippen molar-refractivity contribution in [1.29, 1.82) is 5.26 Å². The van der Waals surface area contributed by atoms with E-state index in [1.807, 2.05) is 48.5 Å². The van der Waals surface area contributed by atoms with Crippen molar-refractivity contribution in [2.24, 2.45) is 0 Å². The lowest BCUT2D eigenvalue weighted by molar-refractivity contribution is 0.414. The van der Waals surface area contributed by atoms with Crippen LogP contribution in [0, 0.1) is 11.3 Å². The Labute approximate surface area is 132 Å². The Hall–Kier alpha value is -2.25. The van der Waals surface area contributed by atoms with Crippen molar-refractivity contribution < 1.29 is 9.47 Å². The van der Waals surface area contributed by atoms with Crippen LogP contribution in [0.2, 0.25) is 0 Å². The summed E-state index contributed by atoms with van der Waals surface area (Å²) < 4.78 is 11.0. The van der Waals surface area contributed by atoms with Crippen molar-refractivity contribution in [3.8, 4) is 17.6 Å². The highest BCUT2D eigenvalue weighted by atomic mass is 79.9. The summed E-state index contributed by atoms with van der Waals surface area (Å²) in [6.45, 7) is 0. The van der Waals surface area contributed by atoms with Gasteiger partial charge in [-0.25, -0.2) is 0 Å².